The first-order valence-electron chi connectivity index (χ1n) is 11.1. The molecule has 1 unspecified atom stereocenters. The van der Waals surface area contributed by atoms with Crippen LogP contribution in [-0.4, -0.2) is 45.4 Å². The van der Waals surface area contributed by atoms with Crippen LogP contribution in [0.25, 0.3) is 21.9 Å². The van der Waals surface area contributed by atoms with Crippen molar-refractivity contribution < 1.29 is 18.7 Å². The molecule has 0 aliphatic carbocycles. The number of fused-ring (bicyclic) bond motifs is 3. The van der Waals surface area contributed by atoms with E-state index in [0.29, 0.717) is 17.0 Å². The maximum Gasteiger partial charge on any atom is 0.246 e. The van der Waals surface area contributed by atoms with Crippen molar-refractivity contribution in [2.75, 3.05) is 48.9 Å². The van der Waals surface area contributed by atoms with E-state index in [-0.39, 0.29) is 5.91 Å². The lowest BCUT2D eigenvalue weighted by molar-refractivity contribution is -0.116. The summed E-state index contributed by atoms with van der Waals surface area (Å²) in [7, 11) is 1.59. The number of carbonyl (C=O) groups excluding carboxylic acids is 1. The van der Waals surface area contributed by atoms with Crippen LogP contribution >= 0.6 is 0 Å². The smallest absolute Gasteiger partial charge is 0.246 e. The summed E-state index contributed by atoms with van der Waals surface area (Å²) < 4.78 is 16.9. The Morgan fingerprint density at radius 2 is 1.76 bits per heavy atom. The zero-order valence-corrected chi connectivity index (χ0v) is 18.8. The molecular weight excluding hydrogens is 418 g/mol. The van der Waals surface area contributed by atoms with Crippen molar-refractivity contribution in [3.05, 3.63) is 60.7 Å². The van der Waals surface area contributed by atoms with Crippen molar-refractivity contribution in [1.82, 2.24) is 0 Å². The average molecular weight is 446 g/mol. The number of methoxy groups -OCH3 is 1. The fourth-order valence-electron chi connectivity index (χ4n) is 4.16. The minimum absolute atomic E-state index is 0.166. The molecule has 4 aromatic rings. The van der Waals surface area contributed by atoms with Crippen LogP contribution in [0.15, 0.2) is 65.1 Å². The van der Waals surface area contributed by atoms with Crippen molar-refractivity contribution in [3.8, 4) is 5.75 Å². The molecule has 0 spiro atoms. The van der Waals surface area contributed by atoms with E-state index in [9.17, 15) is 4.79 Å². The molecule has 5 rings (SSSR count). The Kier molecular flexibility index (Phi) is 5.79. The van der Waals surface area contributed by atoms with Gasteiger partial charge in [0.25, 0.3) is 0 Å². The number of rotatable bonds is 6. The van der Waals surface area contributed by atoms with Crippen LogP contribution in [0.3, 0.4) is 0 Å². The summed E-state index contributed by atoms with van der Waals surface area (Å²) in [5.41, 5.74) is 4.12. The van der Waals surface area contributed by atoms with Gasteiger partial charge in [-0.15, -0.1) is 0 Å². The Labute approximate surface area is 192 Å². The molecule has 1 fully saturated rings. The van der Waals surface area contributed by atoms with Crippen molar-refractivity contribution >= 4 is 44.9 Å². The van der Waals surface area contributed by atoms with Gasteiger partial charge in [-0.2, -0.15) is 0 Å². The second-order valence-electron chi connectivity index (χ2n) is 8.15. The van der Waals surface area contributed by atoms with Gasteiger partial charge in [0.2, 0.25) is 5.91 Å². The number of anilines is 3. The molecular formula is C26H27N3O4. The SMILES string of the molecule is COc1cc2c(cc1NC(=O)C(C)Nc1ccc(N3CCOCC3)cc1)oc1ccccc12. The molecule has 33 heavy (non-hydrogen) atoms. The highest BCUT2D eigenvalue weighted by Gasteiger charge is 2.18. The molecule has 1 amide bonds. The summed E-state index contributed by atoms with van der Waals surface area (Å²) in [4.78, 5) is 15.2. The van der Waals surface area contributed by atoms with Crippen LogP contribution in [0.2, 0.25) is 0 Å². The number of nitrogens with one attached hydrogen (secondary N) is 2. The predicted octanol–water partition coefficient (Wildman–Crippen LogP) is 4.87. The first kappa shape index (κ1) is 21.2. The van der Waals surface area contributed by atoms with E-state index in [0.717, 1.165) is 54.0 Å². The maximum absolute atomic E-state index is 12.9. The first-order valence-corrected chi connectivity index (χ1v) is 11.1. The average Bonchev–Trinajstić information content (AvgIpc) is 3.21. The van der Waals surface area contributed by atoms with Gasteiger partial charge in [-0.1, -0.05) is 18.2 Å². The molecule has 0 bridgehead atoms. The third kappa shape index (κ3) is 4.32. The van der Waals surface area contributed by atoms with Crippen LogP contribution in [0.4, 0.5) is 17.1 Å². The Hall–Kier alpha value is -3.71. The van der Waals surface area contributed by atoms with Crippen LogP contribution < -0.4 is 20.3 Å². The van der Waals surface area contributed by atoms with Crippen molar-refractivity contribution in [3.63, 3.8) is 0 Å². The van der Waals surface area contributed by atoms with Gasteiger partial charge in [-0.3, -0.25) is 4.79 Å². The Bertz CT molecular complexity index is 1280. The molecule has 1 aliphatic heterocycles. The number of amides is 1. The Morgan fingerprint density at radius 1 is 1.00 bits per heavy atom. The zero-order valence-electron chi connectivity index (χ0n) is 18.8. The monoisotopic (exact) mass is 445 g/mol. The van der Waals surface area contributed by atoms with E-state index < -0.39 is 6.04 Å². The molecule has 1 saturated heterocycles. The van der Waals surface area contributed by atoms with E-state index in [2.05, 4.69) is 27.7 Å². The van der Waals surface area contributed by atoms with Gasteiger partial charge < -0.3 is 29.4 Å². The third-order valence-corrected chi connectivity index (χ3v) is 5.98. The summed E-state index contributed by atoms with van der Waals surface area (Å²) in [6.45, 7) is 5.12. The standard InChI is InChI=1S/C26H27N3O4/c1-17(27-18-7-9-19(10-8-18)29-11-13-32-14-12-29)26(30)28-22-16-24-21(15-25(22)31-2)20-5-3-4-6-23(20)33-24/h3-10,15-17,27H,11-14H2,1-2H3,(H,28,30). The van der Waals surface area contributed by atoms with Gasteiger partial charge in [-0.05, 0) is 43.3 Å². The molecule has 1 atom stereocenters. The molecule has 2 N–H and O–H groups in total. The minimum atomic E-state index is -0.449. The molecule has 7 nitrogen and oxygen atoms in total. The number of nitrogens with zero attached hydrogens (tertiary/aromatic N) is 1. The second kappa shape index (κ2) is 9.03. The van der Waals surface area contributed by atoms with E-state index in [4.69, 9.17) is 13.9 Å². The number of benzene rings is 3. The van der Waals surface area contributed by atoms with Crippen molar-refractivity contribution in [2.24, 2.45) is 0 Å². The van der Waals surface area contributed by atoms with Crippen LogP contribution in [-0.2, 0) is 9.53 Å². The molecule has 1 aliphatic rings. The van der Waals surface area contributed by atoms with E-state index in [1.807, 2.05) is 55.5 Å². The molecule has 0 saturated carbocycles. The molecule has 170 valence electrons. The van der Waals surface area contributed by atoms with Gasteiger partial charge in [0.05, 0.1) is 26.0 Å². The largest absolute Gasteiger partial charge is 0.495 e. The Morgan fingerprint density at radius 3 is 2.52 bits per heavy atom. The fourth-order valence-corrected chi connectivity index (χ4v) is 4.16. The molecule has 3 aromatic carbocycles. The van der Waals surface area contributed by atoms with Crippen LogP contribution in [0, 0.1) is 0 Å². The number of hydrogen-bond acceptors (Lipinski definition) is 6. The molecule has 7 heteroatoms. The number of furan rings is 1. The van der Waals surface area contributed by atoms with E-state index in [1.165, 1.54) is 0 Å². The summed E-state index contributed by atoms with van der Waals surface area (Å²) in [6, 6.07) is 19.2. The highest BCUT2D eigenvalue weighted by atomic mass is 16.5. The fraction of sp³-hybridized carbons (Fsp3) is 0.269. The number of carbonyl (C=O) groups is 1. The van der Waals surface area contributed by atoms with Crippen molar-refractivity contribution in [1.29, 1.82) is 0 Å². The quantitative estimate of drug-likeness (QED) is 0.441. The van der Waals surface area contributed by atoms with Crippen LogP contribution in [0.1, 0.15) is 6.92 Å². The first-order chi connectivity index (χ1) is 16.1. The highest BCUT2D eigenvalue weighted by Crippen LogP contribution is 2.36. The third-order valence-electron chi connectivity index (χ3n) is 5.98. The lowest BCUT2D eigenvalue weighted by atomic mass is 10.1. The Balaban J connectivity index is 1.30. The van der Waals surface area contributed by atoms with Crippen molar-refractivity contribution in [2.45, 2.75) is 13.0 Å². The summed E-state index contributed by atoms with van der Waals surface area (Å²) in [5.74, 6) is 0.422. The highest BCUT2D eigenvalue weighted by molar-refractivity contribution is 6.08. The lowest BCUT2D eigenvalue weighted by Crippen LogP contribution is -2.36. The number of ether oxygens (including phenoxy) is 2. The van der Waals surface area contributed by atoms with Gasteiger partial charge in [-0.25, -0.2) is 0 Å². The summed E-state index contributed by atoms with van der Waals surface area (Å²) in [5, 5.41) is 8.21. The maximum atomic E-state index is 12.9. The zero-order chi connectivity index (χ0) is 22.8. The normalized spacial score (nSPS) is 14.9. The molecule has 1 aromatic heterocycles. The van der Waals surface area contributed by atoms with Gasteiger partial charge >= 0.3 is 0 Å². The minimum Gasteiger partial charge on any atom is -0.495 e. The predicted molar refractivity (Wildman–Crippen MR) is 131 cm³/mol. The summed E-state index contributed by atoms with van der Waals surface area (Å²) >= 11 is 0. The van der Waals surface area contributed by atoms with E-state index in [1.54, 1.807) is 7.11 Å². The lowest BCUT2D eigenvalue weighted by Gasteiger charge is -2.29. The summed E-state index contributed by atoms with van der Waals surface area (Å²) in [6.07, 6.45) is 0. The number of para-hydroxylation sites is 1. The number of morpholine rings is 1. The van der Waals surface area contributed by atoms with E-state index >= 15 is 0 Å². The number of hydrogen-bond donors (Lipinski definition) is 2. The van der Waals surface area contributed by atoms with Gasteiger partial charge in [0.1, 0.15) is 23.0 Å². The topological polar surface area (TPSA) is 76.0 Å². The van der Waals surface area contributed by atoms with Gasteiger partial charge in [0, 0.05) is 41.3 Å². The molecule has 2 heterocycles. The second-order valence-corrected chi connectivity index (χ2v) is 8.15. The molecule has 0 radical (unpaired) electrons. The van der Waals surface area contributed by atoms with Gasteiger partial charge in [0.15, 0.2) is 0 Å². The van der Waals surface area contributed by atoms with Crippen LogP contribution in [0.5, 0.6) is 5.75 Å².